The Balaban J connectivity index is 2.28. The molecule has 0 spiro atoms. The van der Waals surface area contributed by atoms with Crippen molar-refractivity contribution in [3.05, 3.63) is 23.3 Å². The molecule has 5 nitrogen and oxygen atoms in total. The van der Waals surface area contributed by atoms with Crippen molar-refractivity contribution in [2.24, 2.45) is 4.40 Å². The molecule has 0 bridgehead atoms. The van der Waals surface area contributed by atoms with Gasteiger partial charge in [0.05, 0.1) is 5.69 Å². The monoisotopic (exact) mass is 313 g/mol. The van der Waals surface area contributed by atoms with Gasteiger partial charge >= 0.3 is 0 Å². The maximum absolute atomic E-state index is 12.3. The molecule has 0 unspecified atom stereocenters. The zero-order chi connectivity index (χ0) is 14.9. The highest BCUT2D eigenvalue weighted by Gasteiger charge is 2.27. The van der Waals surface area contributed by atoms with E-state index in [-0.39, 0.29) is 0 Å². The van der Waals surface area contributed by atoms with Crippen LogP contribution in [0.1, 0.15) is 11.1 Å². The van der Waals surface area contributed by atoms with Crippen molar-refractivity contribution in [1.29, 1.82) is 0 Å². The van der Waals surface area contributed by atoms with E-state index >= 15 is 0 Å². The molecular weight excluding hydrogens is 294 g/mol. The summed E-state index contributed by atoms with van der Waals surface area (Å²) in [4.78, 5) is 2.34. The van der Waals surface area contributed by atoms with Gasteiger partial charge in [-0.15, -0.1) is 4.40 Å². The number of hydrogen-bond acceptors (Lipinski definition) is 5. The molecule has 0 fully saturated rings. The van der Waals surface area contributed by atoms with Gasteiger partial charge < -0.3 is 10.2 Å². The number of nitrogens with zero attached hydrogens (tertiary/aromatic N) is 2. The van der Waals surface area contributed by atoms with Gasteiger partial charge in [-0.25, -0.2) is 0 Å². The molecule has 20 heavy (non-hydrogen) atoms. The van der Waals surface area contributed by atoms with Gasteiger partial charge in [-0.1, -0.05) is 17.8 Å². The molecule has 2 rings (SSSR count). The molecule has 1 aromatic carbocycles. The van der Waals surface area contributed by atoms with E-state index in [4.69, 9.17) is 0 Å². The molecule has 7 heteroatoms. The van der Waals surface area contributed by atoms with Crippen molar-refractivity contribution < 1.29 is 8.42 Å². The highest BCUT2D eigenvalue weighted by Crippen LogP contribution is 2.33. The number of hydrogen-bond donors (Lipinski definition) is 1. The summed E-state index contributed by atoms with van der Waals surface area (Å²) in [7, 11) is 0.365. The van der Waals surface area contributed by atoms with Gasteiger partial charge in [-0.3, -0.25) is 0 Å². The lowest BCUT2D eigenvalue weighted by Gasteiger charge is -2.20. The topological polar surface area (TPSA) is 61.8 Å². The predicted octanol–water partition coefficient (Wildman–Crippen LogP) is 2.07. The Kier molecular flexibility index (Phi) is 4.41. The first kappa shape index (κ1) is 15.3. The quantitative estimate of drug-likeness (QED) is 0.925. The number of sulfonamides is 1. The molecule has 0 aromatic heterocycles. The van der Waals surface area contributed by atoms with E-state index in [1.807, 2.05) is 38.1 Å². The predicted molar refractivity (Wildman–Crippen MR) is 85.2 cm³/mol. The summed E-state index contributed by atoms with van der Waals surface area (Å²) in [5.74, 6) is 0.786. The zero-order valence-electron chi connectivity index (χ0n) is 12.1. The molecule has 0 saturated carbocycles. The van der Waals surface area contributed by atoms with Crippen molar-refractivity contribution in [2.75, 3.05) is 31.7 Å². The van der Waals surface area contributed by atoms with E-state index in [1.165, 1.54) is 11.8 Å². The Hall–Kier alpha value is -1.05. The molecule has 1 N–H and O–H groups in total. The molecule has 0 amide bonds. The van der Waals surface area contributed by atoms with Gasteiger partial charge in [0.15, 0.2) is 5.17 Å². The lowest BCUT2D eigenvalue weighted by Crippen LogP contribution is -2.22. The third-order valence-corrected chi connectivity index (χ3v) is 5.35. The van der Waals surface area contributed by atoms with Crippen molar-refractivity contribution in [3.8, 4) is 0 Å². The van der Waals surface area contributed by atoms with Gasteiger partial charge in [-0.2, -0.15) is 8.42 Å². The molecule has 1 aliphatic rings. The second-order valence-electron chi connectivity index (χ2n) is 5.11. The minimum Gasteiger partial charge on any atom is -0.333 e. The maximum atomic E-state index is 12.3. The summed E-state index contributed by atoms with van der Waals surface area (Å²) in [5.41, 5.74) is 2.39. The summed E-state index contributed by atoms with van der Waals surface area (Å²) in [6.07, 6.45) is 0. The lowest BCUT2D eigenvalue weighted by atomic mass is 10.1. The van der Waals surface area contributed by atoms with Crippen molar-refractivity contribution in [1.82, 2.24) is 4.90 Å². The third kappa shape index (κ3) is 3.34. The minimum absolute atomic E-state index is 0.292. The van der Waals surface area contributed by atoms with E-state index in [1.54, 1.807) is 6.92 Å². The third-order valence-electron chi connectivity index (χ3n) is 2.90. The molecule has 0 saturated heterocycles. The Labute approximate surface area is 124 Å². The van der Waals surface area contributed by atoms with Crippen LogP contribution in [0.3, 0.4) is 0 Å². The van der Waals surface area contributed by atoms with E-state index in [0.29, 0.717) is 15.8 Å². The molecule has 1 aliphatic heterocycles. The fourth-order valence-corrected chi connectivity index (χ4v) is 4.62. The lowest BCUT2D eigenvalue weighted by molar-refractivity contribution is 0.438. The van der Waals surface area contributed by atoms with E-state index in [0.717, 1.165) is 23.4 Å². The van der Waals surface area contributed by atoms with Crippen LogP contribution in [0.2, 0.25) is 0 Å². The molecule has 1 heterocycles. The number of fused-ring (bicyclic) bond motifs is 1. The van der Waals surface area contributed by atoms with Crippen molar-refractivity contribution in [2.45, 2.75) is 18.7 Å². The fraction of sp³-hybridized carbons (Fsp3) is 0.462. The van der Waals surface area contributed by atoms with Gasteiger partial charge in [0, 0.05) is 12.3 Å². The van der Waals surface area contributed by atoms with Gasteiger partial charge in [0.2, 0.25) is 0 Å². The summed E-state index contributed by atoms with van der Waals surface area (Å²) in [6, 6.07) is 3.71. The Bertz CT molecular complexity index is 652. The number of aryl methyl sites for hydroxylation is 2. The fourth-order valence-electron chi connectivity index (χ4n) is 2.07. The van der Waals surface area contributed by atoms with Crippen LogP contribution in [0.15, 0.2) is 21.4 Å². The summed E-state index contributed by atoms with van der Waals surface area (Å²) >= 11 is 1.42. The number of anilines is 1. The smallest absolute Gasteiger partial charge is 0.287 e. The van der Waals surface area contributed by atoms with Crippen LogP contribution in [-0.2, 0) is 10.0 Å². The van der Waals surface area contributed by atoms with E-state index in [2.05, 4.69) is 9.71 Å². The highest BCUT2D eigenvalue weighted by atomic mass is 32.2. The van der Waals surface area contributed by atoms with Crippen LogP contribution in [-0.4, -0.2) is 44.9 Å². The van der Waals surface area contributed by atoms with Crippen LogP contribution >= 0.6 is 11.8 Å². The molecule has 110 valence electrons. The van der Waals surface area contributed by atoms with E-state index < -0.39 is 10.0 Å². The first-order valence-corrected chi connectivity index (χ1v) is 8.73. The van der Waals surface area contributed by atoms with E-state index in [9.17, 15) is 8.42 Å². The number of amidine groups is 1. The average Bonchev–Trinajstić information content (AvgIpc) is 2.24. The Morgan fingerprint density at radius 3 is 2.65 bits per heavy atom. The van der Waals surface area contributed by atoms with Crippen LogP contribution in [0.5, 0.6) is 0 Å². The van der Waals surface area contributed by atoms with Crippen LogP contribution < -0.4 is 5.32 Å². The number of benzene rings is 1. The molecule has 0 radical (unpaired) electrons. The highest BCUT2D eigenvalue weighted by molar-refractivity contribution is 8.14. The summed E-state index contributed by atoms with van der Waals surface area (Å²) in [5, 5.41) is 3.57. The maximum Gasteiger partial charge on any atom is 0.287 e. The molecule has 0 aliphatic carbocycles. The molecule has 0 atom stereocenters. The number of thioether (sulfide) groups is 1. The van der Waals surface area contributed by atoms with Gasteiger partial charge in [0.25, 0.3) is 10.0 Å². The largest absolute Gasteiger partial charge is 0.333 e. The SMILES string of the molecule is Cc1cc(C)c2c(c1)NC(SCCN(C)C)=NS2(=O)=O. The standard InChI is InChI=1S/C13H19N3O2S2/c1-9-7-10(2)12-11(8-9)14-13(15-20(12,17)18)19-6-5-16(3)4/h7-8H,5-6H2,1-4H3,(H,14,15). The van der Waals surface area contributed by atoms with Crippen LogP contribution in [0.25, 0.3) is 0 Å². The van der Waals surface area contributed by atoms with Crippen molar-refractivity contribution in [3.63, 3.8) is 0 Å². The second-order valence-corrected chi connectivity index (χ2v) is 7.73. The van der Waals surface area contributed by atoms with Crippen LogP contribution in [0.4, 0.5) is 5.69 Å². The minimum atomic E-state index is -3.60. The zero-order valence-corrected chi connectivity index (χ0v) is 13.7. The first-order chi connectivity index (χ1) is 9.29. The Morgan fingerprint density at radius 2 is 2.00 bits per heavy atom. The normalized spacial score (nSPS) is 16.6. The molecular formula is C13H19N3O2S2. The summed E-state index contributed by atoms with van der Waals surface area (Å²) in [6.45, 7) is 4.61. The summed E-state index contributed by atoms with van der Waals surface area (Å²) < 4.78 is 28.4. The number of nitrogens with one attached hydrogen (secondary N) is 1. The first-order valence-electron chi connectivity index (χ1n) is 6.30. The van der Waals surface area contributed by atoms with Crippen LogP contribution in [0, 0.1) is 13.8 Å². The second kappa shape index (κ2) is 5.75. The van der Waals surface area contributed by atoms with Gasteiger partial charge in [-0.05, 0) is 45.1 Å². The number of rotatable bonds is 3. The van der Waals surface area contributed by atoms with Gasteiger partial charge in [0.1, 0.15) is 4.90 Å². The van der Waals surface area contributed by atoms with Crippen molar-refractivity contribution >= 4 is 32.6 Å². The Morgan fingerprint density at radius 1 is 1.30 bits per heavy atom. The average molecular weight is 313 g/mol. The molecule has 1 aromatic rings.